The Morgan fingerprint density at radius 1 is 1.20 bits per heavy atom. The summed E-state index contributed by atoms with van der Waals surface area (Å²) in [6, 6.07) is 0.500. The van der Waals surface area contributed by atoms with Crippen LogP contribution < -0.4 is 5.32 Å². The summed E-state index contributed by atoms with van der Waals surface area (Å²) in [6.07, 6.45) is 5.72. The van der Waals surface area contributed by atoms with Crippen LogP contribution in [0.2, 0.25) is 0 Å². The van der Waals surface area contributed by atoms with Crippen LogP contribution in [-0.2, 0) is 11.0 Å². The van der Waals surface area contributed by atoms with Crippen LogP contribution >= 0.6 is 0 Å². The third-order valence-corrected chi connectivity index (χ3v) is 8.35. The summed E-state index contributed by atoms with van der Waals surface area (Å²) in [4.78, 5) is 13.2. The van der Waals surface area contributed by atoms with Gasteiger partial charge in [-0.3, -0.25) is 9.48 Å². The highest BCUT2D eigenvalue weighted by Crippen LogP contribution is 2.61. The van der Waals surface area contributed by atoms with Crippen LogP contribution in [0.5, 0.6) is 0 Å². The van der Waals surface area contributed by atoms with Crippen molar-refractivity contribution in [1.29, 1.82) is 0 Å². The Bertz CT molecular complexity index is 791. The molecule has 1 aromatic heterocycles. The number of nitrogens with zero attached hydrogens (tertiary/aromatic N) is 2. The maximum absolute atomic E-state index is 13.2. The third-order valence-electron chi connectivity index (χ3n) is 8.35. The van der Waals surface area contributed by atoms with E-state index in [1.165, 1.54) is 43.2 Å². The van der Waals surface area contributed by atoms with Gasteiger partial charge in [-0.1, -0.05) is 6.92 Å². The van der Waals surface area contributed by atoms with Gasteiger partial charge in [0, 0.05) is 17.7 Å². The van der Waals surface area contributed by atoms with E-state index in [1.807, 2.05) is 0 Å². The fraction of sp³-hybridized carbons (Fsp3) is 0.826. The highest BCUT2D eigenvalue weighted by atomic mass is 19.4. The van der Waals surface area contributed by atoms with Gasteiger partial charge in [0.2, 0.25) is 5.91 Å². The van der Waals surface area contributed by atoms with Crippen LogP contribution in [0.1, 0.15) is 95.0 Å². The summed E-state index contributed by atoms with van der Waals surface area (Å²) in [6.45, 7) is 3.81. The van der Waals surface area contributed by atoms with Gasteiger partial charge in [0.05, 0.1) is 0 Å². The molecule has 166 valence electrons. The normalized spacial score (nSPS) is 34.8. The lowest BCUT2D eigenvalue weighted by molar-refractivity contribution is -0.142. The molecular weight excluding hydrogens is 391 g/mol. The zero-order valence-corrected chi connectivity index (χ0v) is 17.8. The first kappa shape index (κ1) is 20.4. The highest BCUT2D eigenvalue weighted by Gasteiger charge is 2.54. The molecule has 0 saturated heterocycles. The second-order valence-electron chi connectivity index (χ2n) is 10.6. The van der Waals surface area contributed by atoms with Crippen molar-refractivity contribution in [1.82, 2.24) is 15.1 Å². The van der Waals surface area contributed by atoms with E-state index in [-0.39, 0.29) is 23.3 Å². The lowest BCUT2D eigenvalue weighted by Crippen LogP contribution is -2.57. The molecule has 5 aliphatic carbocycles. The maximum atomic E-state index is 13.2. The molecule has 7 heteroatoms. The fourth-order valence-corrected chi connectivity index (χ4v) is 7.24. The number of halogens is 3. The van der Waals surface area contributed by atoms with E-state index in [1.54, 1.807) is 6.92 Å². The van der Waals surface area contributed by atoms with Crippen LogP contribution in [0.15, 0.2) is 6.07 Å². The minimum absolute atomic E-state index is 0.0916. The second-order valence-corrected chi connectivity index (χ2v) is 10.6. The molecule has 4 nitrogen and oxygen atoms in total. The van der Waals surface area contributed by atoms with E-state index >= 15 is 0 Å². The Hall–Kier alpha value is -1.53. The van der Waals surface area contributed by atoms with Crippen molar-refractivity contribution < 1.29 is 18.0 Å². The van der Waals surface area contributed by atoms with Crippen molar-refractivity contribution in [2.24, 2.45) is 23.2 Å². The first-order valence-corrected chi connectivity index (χ1v) is 11.7. The van der Waals surface area contributed by atoms with Crippen LogP contribution in [0.4, 0.5) is 13.2 Å². The summed E-state index contributed by atoms with van der Waals surface area (Å²) in [7, 11) is 0. The monoisotopic (exact) mass is 423 g/mol. The number of nitrogens with one attached hydrogen (secondary N) is 1. The zero-order chi connectivity index (χ0) is 21.3. The van der Waals surface area contributed by atoms with Crippen molar-refractivity contribution in [3.8, 4) is 0 Å². The van der Waals surface area contributed by atoms with Crippen molar-refractivity contribution in [2.45, 2.75) is 95.8 Å². The number of carbonyl (C=O) groups excluding carboxylic acids is 1. The number of aromatic nitrogens is 2. The third kappa shape index (κ3) is 3.46. The minimum Gasteiger partial charge on any atom is -0.351 e. The Morgan fingerprint density at radius 2 is 1.77 bits per heavy atom. The smallest absolute Gasteiger partial charge is 0.351 e. The van der Waals surface area contributed by atoms with E-state index < -0.39 is 17.9 Å². The van der Waals surface area contributed by atoms with E-state index in [0.717, 1.165) is 43.1 Å². The SMILES string of the molecule is CCC(NC(=O)C(C)n1nc(C(F)(F)F)cc1C1CC1)C12CC3CC(CC(C3)C1)C2. The van der Waals surface area contributed by atoms with Gasteiger partial charge in [0.25, 0.3) is 0 Å². The summed E-state index contributed by atoms with van der Waals surface area (Å²) in [5.74, 6) is 2.27. The number of hydrogen-bond donors (Lipinski definition) is 1. The van der Waals surface area contributed by atoms with Crippen LogP contribution in [-0.4, -0.2) is 21.7 Å². The van der Waals surface area contributed by atoms with Crippen molar-refractivity contribution in [3.05, 3.63) is 17.5 Å². The van der Waals surface area contributed by atoms with Gasteiger partial charge in [0.1, 0.15) is 6.04 Å². The average molecular weight is 424 g/mol. The predicted octanol–water partition coefficient (Wildman–Crippen LogP) is 5.45. The topological polar surface area (TPSA) is 46.9 Å². The molecule has 4 bridgehead atoms. The second kappa shape index (κ2) is 6.99. The predicted molar refractivity (Wildman–Crippen MR) is 107 cm³/mol. The van der Waals surface area contributed by atoms with Gasteiger partial charge in [-0.05, 0) is 93.9 Å². The lowest BCUT2D eigenvalue weighted by Gasteiger charge is -2.59. The van der Waals surface area contributed by atoms with Gasteiger partial charge in [-0.2, -0.15) is 18.3 Å². The van der Waals surface area contributed by atoms with Crippen LogP contribution in [0.3, 0.4) is 0 Å². The Morgan fingerprint density at radius 3 is 2.23 bits per heavy atom. The molecule has 1 aromatic rings. The molecule has 2 unspecified atom stereocenters. The Kier molecular flexibility index (Phi) is 4.75. The maximum Gasteiger partial charge on any atom is 0.435 e. The van der Waals surface area contributed by atoms with Gasteiger partial charge in [0.15, 0.2) is 5.69 Å². The van der Waals surface area contributed by atoms with Crippen LogP contribution in [0, 0.1) is 23.2 Å². The van der Waals surface area contributed by atoms with Crippen molar-refractivity contribution in [2.75, 3.05) is 0 Å². The molecule has 0 aromatic carbocycles. The molecule has 0 radical (unpaired) electrons. The van der Waals surface area contributed by atoms with Gasteiger partial charge in [-0.15, -0.1) is 0 Å². The molecule has 1 amide bonds. The summed E-state index contributed by atoms with van der Waals surface area (Å²) in [5.41, 5.74) is -0.163. The van der Waals surface area contributed by atoms with E-state index in [9.17, 15) is 18.0 Å². The van der Waals surface area contributed by atoms with Gasteiger partial charge < -0.3 is 5.32 Å². The summed E-state index contributed by atoms with van der Waals surface area (Å²) in [5, 5.41) is 7.10. The molecule has 30 heavy (non-hydrogen) atoms. The quantitative estimate of drug-likeness (QED) is 0.661. The van der Waals surface area contributed by atoms with E-state index in [0.29, 0.717) is 5.69 Å². The first-order chi connectivity index (χ1) is 14.2. The van der Waals surface area contributed by atoms with E-state index in [2.05, 4.69) is 17.3 Å². The number of hydrogen-bond acceptors (Lipinski definition) is 2. The molecule has 5 saturated carbocycles. The minimum atomic E-state index is -4.49. The number of rotatable bonds is 6. The molecule has 2 atom stereocenters. The molecule has 5 aliphatic rings. The molecule has 1 N–H and O–H groups in total. The number of alkyl halides is 3. The Labute approximate surface area is 176 Å². The van der Waals surface area contributed by atoms with Gasteiger partial charge in [-0.25, -0.2) is 0 Å². The van der Waals surface area contributed by atoms with E-state index in [4.69, 9.17) is 0 Å². The number of amides is 1. The molecular formula is C23H32F3N3O. The van der Waals surface area contributed by atoms with Crippen molar-refractivity contribution in [3.63, 3.8) is 0 Å². The molecule has 0 spiro atoms. The lowest BCUT2D eigenvalue weighted by atomic mass is 9.47. The zero-order valence-electron chi connectivity index (χ0n) is 17.8. The largest absolute Gasteiger partial charge is 0.435 e. The van der Waals surface area contributed by atoms with Crippen molar-refractivity contribution >= 4 is 5.91 Å². The molecule has 6 rings (SSSR count). The fourth-order valence-electron chi connectivity index (χ4n) is 7.24. The summed E-state index contributed by atoms with van der Waals surface area (Å²) < 4.78 is 41.1. The number of carbonyl (C=O) groups is 1. The van der Waals surface area contributed by atoms with Crippen LogP contribution in [0.25, 0.3) is 0 Å². The molecule has 1 heterocycles. The molecule has 5 fully saturated rings. The first-order valence-electron chi connectivity index (χ1n) is 11.7. The summed E-state index contributed by atoms with van der Waals surface area (Å²) >= 11 is 0. The van der Waals surface area contributed by atoms with Gasteiger partial charge >= 0.3 is 6.18 Å². The molecule has 0 aliphatic heterocycles. The average Bonchev–Trinajstić information content (AvgIpc) is 3.40. The standard InChI is InChI=1S/C23H32F3N3O/c1-3-19(22-10-14-6-15(11-22)8-16(7-14)12-22)27-21(30)13(2)29-18(17-4-5-17)9-20(28-29)23(24,25)26/h9,13-17,19H,3-8,10-12H2,1-2H3,(H,27,30). The Balaban J connectivity index is 1.35. The highest BCUT2D eigenvalue weighted by molar-refractivity contribution is 5.80.